The highest BCUT2D eigenvalue weighted by atomic mass is 35.5. The van der Waals surface area contributed by atoms with Crippen molar-refractivity contribution in [3.8, 4) is 0 Å². The second kappa shape index (κ2) is 8.08. The summed E-state index contributed by atoms with van der Waals surface area (Å²) in [6.45, 7) is 0.237. The van der Waals surface area contributed by atoms with Crippen LogP contribution in [0.3, 0.4) is 0 Å². The van der Waals surface area contributed by atoms with E-state index in [4.69, 9.17) is 11.6 Å². The molecule has 2 N–H and O–H groups in total. The molecule has 0 atom stereocenters. The van der Waals surface area contributed by atoms with Crippen LogP contribution in [0.25, 0.3) is 0 Å². The SMILES string of the molecule is O=C(CNS(=O)(=O)c1cccc(Cl)c1)NCC1(c2cccs2)CCCC1. The molecule has 2 aromatic rings. The average Bonchev–Trinajstić information content (AvgIpc) is 3.30. The van der Waals surface area contributed by atoms with Crippen molar-refractivity contribution >= 4 is 38.9 Å². The summed E-state index contributed by atoms with van der Waals surface area (Å²) in [5, 5.41) is 5.29. The first-order chi connectivity index (χ1) is 12.4. The second-order valence-electron chi connectivity index (χ2n) is 6.52. The number of hydrogen-bond acceptors (Lipinski definition) is 4. The first-order valence-corrected chi connectivity index (χ1v) is 11.2. The molecule has 1 aromatic heterocycles. The van der Waals surface area contributed by atoms with Crippen LogP contribution >= 0.6 is 22.9 Å². The Labute approximate surface area is 162 Å². The highest BCUT2D eigenvalue weighted by molar-refractivity contribution is 7.89. The van der Waals surface area contributed by atoms with Crippen molar-refractivity contribution in [3.63, 3.8) is 0 Å². The first kappa shape index (κ1) is 19.4. The molecule has 26 heavy (non-hydrogen) atoms. The van der Waals surface area contributed by atoms with Gasteiger partial charge in [0, 0.05) is 21.9 Å². The molecular formula is C18H21ClN2O3S2. The van der Waals surface area contributed by atoms with Gasteiger partial charge in [-0.2, -0.15) is 0 Å². The van der Waals surface area contributed by atoms with Crippen LogP contribution in [0.4, 0.5) is 0 Å². The maximum atomic E-state index is 12.3. The Morgan fingerprint density at radius 2 is 1.96 bits per heavy atom. The molecule has 0 aliphatic heterocycles. The number of sulfonamides is 1. The van der Waals surface area contributed by atoms with E-state index in [1.54, 1.807) is 23.5 Å². The molecule has 1 aliphatic carbocycles. The maximum absolute atomic E-state index is 12.3. The maximum Gasteiger partial charge on any atom is 0.241 e. The molecule has 1 amide bonds. The van der Waals surface area contributed by atoms with E-state index >= 15 is 0 Å². The van der Waals surface area contributed by atoms with E-state index in [-0.39, 0.29) is 22.8 Å². The van der Waals surface area contributed by atoms with Crippen molar-refractivity contribution in [3.05, 3.63) is 51.7 Å². The fourth-order valence-corrected chi connectivity index (χ4v) is 5.62. The van der Waals surface area contributed by atoms with Crippen LogP contribution in [0.1, 0.15) is 30.6 Å². The molecule has 1 aromatic carbocycles. The standard InChI is InChI=1S/C18H21ClN2O3S2/c19-14-5-3-6-15(11-14)26(23,24)21-12-17(22)20-13-18(8-1-2-9-18)16-7-4-10-25-16/h3-7,10-11,21H,1-2,8-9,12-13H2,(H,20,22). The number of amides is 1. The predicted octanol–water partition coefficient (Wildman–Crippen LogP) is 3.31. The Bertz CT molecular complexity index is 860. The zero-order chi connectivity index (χ0) is 18.6. The van der Waals surface area contributed by atoms with Crippen LogP contribution < -0.4 is 10.0 Å². The van der Waals surface area contributed by atoms with E-state index in [0.717, 1.165) is 25.7 Å². The van der Waals surface area contributed by atoms with Gasteiger partial charge >= 0.3 is 0 Å². The highest BCUT2D eigenvalue weighted by Gasteiger charge is 2.36. The molecule has 1 aliphatic rings. The Balaban J connectivity index is 1.57. The van der Waals surface area contributed by atoms with E-state index in [0.29, 0.717) is 11.6 Å². The third-order valence-electron chi connectivity index (χ3n) is 4.76. The lowest BCUT2D eigenvalue weighted by molar-refractivity contribution is -0.120. The summed E-state index contributed by atoms with van der Waals surface area (Å²) in [5.74, 6) is -0.335. The van der Waals surface area contributed by atoms with Crippen LogP contribution in [0.5, 0.6) is 0 Å². The monoisotopic (exact) mass is 412 g/mol. The highest BCUT2D eigenvalue weighted by Crippen LogP contribution is 2.42. The molecule has 8 heteroatoms. The van der Waals surface area contributed by atoms with Gasteiger partial charge in [-0.15, -0.1) is 11.3 Å². The summed E-state index contributed by atoms with van der Waals surface area (Å²) >= 11 is 7.54. The van der Waals surface area contributed by atoms with Crippen LogP contribution in [-0.2, 0) is 20.2 Å². The molecule has 1 saturated carbocycles. The van der Waals surface area contributed by atoms with Crippen molar-refractivity contribution in [2.45, 2.75) is 36.0 Å². The molecule has 0 spiro atoms. The summed E-state index contributed by atoms with van der Waals surface area (Å²) in [5.41, 5.74) is -0.0182. The normalized spacial score (nSPS) is 16.5. The van der Waals surface area contributed by atoms with Crippen molar-refractivity contribution in [2.24, 2.45) is 0 Å². The van der Waals surface area contributed by atoms with E-state index in [2.05, 4.69) is 21.5 Å². The molecule has 1 heterocycles. The largest absolute Gasteiger partial charge is 0.354 e. The first-order valence-electron chi connectivity index (χ1n) is 8.47. The van der Waals surface area contributed by atoms with Gasteiger partial charge in [0.25, 0.3) is 0 Å². The van der Waals surface area contributed by atoms with E-state index < -0.39 is 10.0 Å². The van der Waals surface area contributed by atoms with Crippen LogP contribution in [0, 0.1) is 0 Å². The molecule has 140 valence electrons. The second-order valence-corrected chi connectivity index (χ2v) is 9.67. The molecule has 0 radical (unpaired) electrons. The molecule has 0 saturated heterocycles. The summed E-state index contributed by atoms with van der Waals surface area (Å²) in [7, 11) is -3.77. The Morgan fingerprint density at radius 3 is 2.62 bits per heavy atom. The van der Waals surface area contributed by atoms with Gasteiger partial charge in [0.05, 0.1) is 11.4 Å². The van der Waals surface area contributed by atoms with Crippen molar-refractivity contribution in [2.75, 3.05) is 13.1 Å². The summed E-state index contributed by atoms with van der Waals surface area (Å²) in [6.07, 6.45) is 4.38. The van der Waals surface area contributed by atoms with Gasteiger partial charge in [0.2, 0.25) is 15.9 Å². The predicted molar refractivity (Wildman–Crippen MR) is 104 cm³/mol. The lowest BCUT2D eigenvalue weighted by atomic mass is 9.84. The van der Waals surface area contributed by atoms with Crippen molar-refractivity contribution in [1.82, 2.24) is 10.0 Å². The van der Waals surface area contributed by atoms with Crippen LogP contribution in [0.15, 0.2) is 46.7 Å². The minimum Gasteiger partial charge on any atom is -0.354 e. The summed E-state index contributed by atoms with van der Waals surface area (Å²) < 4.78 is 26.8. The fourth-order valence-electron chi connectivity index (χ4n) is 3.35. The molecular weight excluding hydrogens is 392 g/mol. The average molecular weight is 413 g/mol. The van der Waals surface area contributed by atoms with Gasteiger partial charge in [-0.05, 0) is 42.5 Å². The quantitative estimate of drug-likeness (QED) is 0.732. The van der Waals surface area contributed by atoms with Gasteiger partial charge in [-0.3, -0.25) is 4.79 Å². The van der Waals surface area contributed by atoms with Crippen LogP contribution in [0.2, 0.25) is 5.02 Å². The number of thiophene rings is 1. The fraction of sp³-hybridized carbons (Fsp3) is 0.389. The van der Waals surface area contributed by atoms with Gasteiger partial charge in [0.1, 0.15) is 0 Å². The lowest BCUT2D eigenvalue weighted by Crippen LogP contribution is -2.43. The Morgan fingerprint density at radius 1 is 1.19 bits per heavy atom. The van der Waals surface area contributed by atoms with Crippen LogP contribution in [-0.4, -0.2) is 27.4 Å². The van der Waals surface area contributed by atoms with Gasteiger partial charge in [0.15, 0.2) is 0 Å². The number of benzene rings is 1. The van der Waals surface area contributed by atoms with E-state index in [1.165, 1.54) is 17.0 Å². The zero-order valence-electron chi connectivity index (χ0n) is 14.2. The number of hydrogen-bond donors (Lipinski definition) is 2. The minimum atomic E-state index is -3.77. The Hall–Kier alpha value is -1.41. The van der Waals surface area contributed by atoms with Crippen molar-refractivity contribution < 1.29 is 13.2 Å². The number of carbonyl (C=O) groups is 1. The van der Waals surface area contributed by atoms with E-state index in [1.807, 2.05) is 6.07 Å². The zero-order valence-corrected chi connectivity index (χ0v) is 16.6. The number of carbonyl (C=O) groups excluding carboxylic acids is 1. The molecule has 0 bridgehead atoms. The molecule has 5 nitrogen and oxygen atoms in total. The molecule has 3 rings (SSSR count). The summed E-state index contributed by atoms with van der Waals surface area (Å²) in [4.78, 5) is 13.5. The molecule has 1 fully saturated rings. The third kappa shape index (κ3) is 4.46. The number of rotatable bonds is 7. The smallest absolute Gasteiger partial charge is 0.241 e. The van der Waals surface area contributed by atoms with Gasteiger partial charge in [-0.25, -0.2) is 13.1 Å². The Kier molecular flexibility index (Phi) is 6.02. The van der Waals surface area contributed by atoms with E-state index in [9.17, 15) is 13.2 Å². The van der Waals surface area contributed by atoms with Gasteiger partial charge in [-0.1, -0.05) is 36.6 Å². The number of halogens is 1. The van der Waals surface area contributed by atoms with Crippen molar-refractivity contribution in [1.29, 1.82) is 0 Å². The lowest BCUT2D eigenvalue weighted by Gasteiger charge is -2.28. The topological polar surface area (TPSA) is 75.3 Å². The van der Waals surface area contributed by atoms with Gasteiger partial charge < -0.3 is 5.32 Å². The minimum absolute atomic E-state index is 0.0182. The number of nitrogens with one attached hydrogen (secondary N) is 2. The molecule has 0 unspecified atom stereocenters. The third-order valence-corrected chi connectivity index (χ3v) is 7.51. The summed E-state index contributed by atoms with van der Waals surface area (Å²) in [6, 6.07) is 10.1.